The molecule has 2 N–H and O–H groups in total. The second-order valence-corrected chi connectivity index (χ2v) is 5.60. The molecule has 0 aliphatic heterocycles. The van der Waals surface area contributed by atoms with Crippen LogP contribution in [0.1, 0.15) is 11.3 Å². The standard InChI is InChI=1S/C18H17ClN2O2/c1-11-6-7-12-4-3-5-16(18(12)21-11)23-10-13-15(22-2)9-8-14(20)17(13)19/h3-9H,10,20H2,1-2H3. The number of halogens is 1. The quantitative estimate of drug-likeness (QED) is 0.723. The minimum Gasteiger partial charge on any atom is -0.496 e. The lowest BCUT2D eigenvalue weighted by atomic mass is 10.1. The van der Waals surface area contributed by atoms with Crippen LogP contribution in [0.5, 0.6) is 11.5 Å². The fourth-order valence-corrected chi connectivity index (χ4v) is 2.64. The summed E-state index contributed by atoms with van der Waals surface area (Å²) in [7, 11) is 1.59. The van der Waals surface area contributed by atoms with Crippen molar-refractivity contribution in [2.24, 2.45) is 0 Å². The summed E-state index contributed by atoms with van der Waals surface area (Å²) >= 11 is 6.29. The van der Waals surface area contributed by atoms with E-state index < -0.39 is 0 Å². The number of nitrogens with zero attached hydrogens (tertiary/aromatic N) is 1. The van der Waals surface area contributed by atoms with Gasteiger partial charge in [-0.25, -0.2) is 4.98 Å². The Morgan fingerprint density at radius 1 is 1.09 bits per heavy atom. The predicted molar refractivity (Wildman–Crippen MR) is 93.2 cm³/mol. The van der Waals surface area contributed by atoms with E-state index >= 15 is 0 Å². The predicted octanol–water partition coefficient (Wildman–Crippen LogP) is 4.37. The van der Waals surface area contributed by atoms with Crippen LogP contribution >= 0.6 is 11.6 Å². The van der Waals surface area contributed by atoms with Gasteiger partial charge in [-0.05, 0) is 31.2 Å². The number of aromatic nitrogens is 1. The van der Waals surface area contributed by atoms with Crippen molar-refractivity contribution in [2.45, 2.75) is 13.5 Å². The second kappa shape index (κ2) is 6.34. The number of anilines is 1. The minimum absolute atomic E-state index is 0.252. The SMILES string of the molecule is COc1ccc(N)c(Cl)c1COc1cccc2ccc(C)nc12. The van der Waals surface area contributed by atoms with Crippen LogP contribution in [0.25, 0.3) is 10.9 Å². The maximum atomic E-state index is 6.29. The van der Waals surface area contributed by atoms with Crippen LogP contribution in [0.3, 0.4) is 0 Å². The Morgan fingerprint density at radius 2 is 1.91 bits per heavy atom. The molecule has 4 nitrogen and oxygen atoms in total. The van der Waals surface area contributed by atoms with Gasteiger partial charge in [0.1, 0.15) is 23.6 Å². The van der Waals surface area contributed by atoms with Gasteiger partial charge in [-0.1, -0.05) is 29.8 Å². The van der Waals surface area contributed by atoms with E-state index in [-0.39, 0.29) is 6.61 Å². The lowest BCUT2D eigenvalue weighted by Crippen LogP contribution is -2.02. The Morgan fingerprint density at radius 3 is 2.70 bits per heavy atom. The zero-order valence-electron chi connectivity index (χ0n) is 13.0. The van der Waals surface area contributed by atoms with E-state index in [1.54, 1.807) is 19.2 Å². The molecular weight excluding hydrogens is 312 g/mol. The molecule has 0 amide bonds. The van der Waals surface area contributed by atoms with Gasteiger partial charge in [0.15, 0.2) is 0 Å². The molecule has 0 fully saturated rings. The number of aryl methyl sites for hydroxylation is 1. The fourth-order valence-electron chi connectivity index (χ4n) is 2.43. The lowest BCUT2D eigenvalue weighted by molar-refractivity contribution is 0.299. The first-order valence-corrected chi connectivity index (χ1v) is 7.58. The van der Waals surface area contributed by atoms with Gasteiger partial charge in [0, 0.05) is 11.1 Å². The first-order chi connectivity index (χ1) is 11.1. The van der Waals surface area contributed by atoms with Crippen molar-refractivity contribution in [1.29, 1.82) is 0 Å². The van der Waals surface area contributed by atoms with Crippen LogP contribution in [-0.4, -0.2) is 12.1 Å². The second-order valence-electron chi connectivity index (χ2n) is 5.22. The van der Waals surface area contributed by atoms with Gasteiger partial charge in [-0.3, -0.25) is 0 Å². The third-order valence-electron chi connectivity index (χ3n) is 3.64. The molecule has 0 radical (unpaired) electrons. The van der Waals surface area contributed by atoms with Crippen molar-refractivity contribution < 1.29 is 9.47 Å². The number of benzene rings is 2. The highest BCUT2D eigenvalue weighted by atomic mass is 35.5. The molecule has 0 aliphatic rings. The molecule has 0 unspecified atom stereocenters. The molecule has 1 aromatic heterocycles. The van der Waals surface area contributed by atoms with Crippen molar-refractivity contribution >= 4 is 28.2 Å². The van der Waals surface area contributed by atoms with Crippen molar-refractivity contribution in [1.82, 2.24) is 4.98 Å². The number of nitrogens with two attached hydrogens (primary N) is 1. The summed E-state index contributed by atoms with van der Waals surface area (Å²) in [6.45, 7) is 2.20. The first-order valence-electron chi connectivity index (χ1n) is 7.20. The summed E-state index contributed by atoms with van der Waals surface area (Å²) in [5.41, 5.74) is 8.85. The number of pyridine rings is 1. The van der Waals surface area contributed by atoms with Crippen molar-refractivity contribution in [3.8, 4) is 11.5 Å². The number of fused-ring (bicyclic) bond motifs is 1. The smallest absolute Gasteiger partial charge is 0.146 e. The normalized spacial score (nSPS) is 10.7. The van der Waals surface area contributed by atoms with Crippen LogP contribution in [0.15, 0.2) is 42.5 Å². The topological polar surface area (TPSA) is 57.4 Å². The highest BCUT2D eigenvalue weighted by Gasteiger charge is 2.13. The Balaban J connectivity index is 1.96. The summed E-state index contributed by atoms with van der Waals surface area (Å²) in [5.74, 6) is 1.35. The zero-order valence-corrected chi connectivity index (χ0v) is 13.7. The summed E-state index contributed by atoms with van der Waals surface area (Å²) in [6.07, 6.45) is 0. The van der Waals surface area contributed by atoms with Gasteiger partial charge >= 0.3 is 0 Å². The number of hydrogen-bond donors (Lipinski definition) is 1. The van der Waals surface area contributed by atoms with Crippen LogP contribution in [0.2, 0.25) is 5.02 Å². The molecule has 3 rings (SSSR count). The van der Waals surface area contributed by atoms with E-state index in [9.17, 15) is 0 Å². The Hall–Kier alpha value is -2.46. The Bertz CT molecular complexity index is 865. The van der Waals surface area contributed by atoms with E-state index in [1.165, 1.54) is 0 Å². The summed E-state index contributed by atoms with van der Waals surface area (Å²) in [6, 6.07) is 13.3. The summed E-state index contributed by atoms with van der Waals surface area (Å²) in [5, 5.41) is 1.48. The molecule has 0 atom stereocenters. The van der Waals surface area contributed by atoms with E-state index in [0.717, 1.165) is 22.2 Å². The molecular formula is C18H17ClN2O2. The van der Waals surface area contributed by atoms with E-state index in [4.69, 9.17) is 26.8 Å². The number of nitrogen functional groups attached to an aromatic ring is 1. The molecule has 23 heavy (non-hydrogen) atoms. The lowest BCUT2D eigenvalue weighted by Gasteiger charge is -2.14. The van der Waals surface area contributed by atoms with E-state index in [0.29, 0.717) is 22.2 Å². The van der Waals surface area contributed by atoms with Gasteiger partial charge in [-0.15, -0.1) is 0 Å². The number of para-hydroxylation sites is 1. The number of methoxy groups -OCH3 is 1. The molecule has 0 bridgehead atoms. The summed E-state index contributed by atoms with van der Waals surface area (Å²) < 4.78 is 11.3. The number of ether oxygens (including phenoxy) is 2. The monoisotopic (exact) mass is 328 g/mol. The zero-order chi connectivity index (χ0) is 16.4. The third-order valence-corrected chi connectivity index (χ3v) is 4.09. The number of hydrogen-bond acceptors (Lipinski definition) is 4. The number of rotatable bonds is 4. The molecule has 0 aliphatic carbocycles. The van der Waals surface area contributed by atoms with Crippen molar-refractivity contribution in [3.63, 3.8) is 0 Å². The van der Waals surface area contributed by atoms with Crippen LogP contribution in [0, 0.1) is 6.92 Å². The van der Waals surface area contributed by atoms with E-state index in [1.807, 2.05) is 37.3 Å². The van der Waals surface area contributed by atoms with E-state index in [2.05, 4.69) is 4.98 Å². The van der Waals surface area contributed by atoms with Gasteiger partial charge in [0.2, 0.25) is 0 Å². The molecule has 2 aromatic carbocycles. The van der Waals surface area contributed by atoms with Gasteiger partial charge in [-0.2, -0.15) is 0 Å². The minimum atomic E-state index is 0.252. The molecule has 0 spiro atoms. The Labute approximate surface area is 139 Å². The molecule has 0 saturated heterocycles. The van der Waals surface area contributed by atoms with Crippen LogP contribution in [0.4, 0.5) is 5.69 Å². The molecule has 118 valence electrons. The van der Waals surface area contributed by atoms with Crippen molar-refractivity contribution in [2.75, 3.05) is 12.8 Å². The Kier molecular flexibility index (Phi) is 4.26. The molecule has 5 heteroatoms. The van der Waals surface area contributed by atoms with Crippen LogP contribution in [-0.2, 0) is 6.61 Å². The maximum absolute atomic E-state index is 6.29. The largest absolute Gasteiger partial charge is 0.496 e. The highest BCUT2D eigenvalue weighted by Crippen LogP contribution is 2.33. The van der Waals surface area contributed by atoms with Gasteiger partial charge in [0.05, 0.1) is 23.4 Å². The average molecular weight is 329 g/mol. The fraction of sp³-hybridized carbons (Fsp3) is 0.167. The molecule has 1 heterocycles. The molecule has 3 aromatic rings. The highest BCUT2D eigenvalue weighted by molar-refractivity contribution is 6.34. The van der Waals surface area contributed by atoms with Crippen LogP contribution < -0.4 is 15.2 Å². The molecule has 0 saturated carbocycles. The van der Waals surface area contributed by atoms with Gasteiger partial charge in [0.25, 0.3) is 0 Å². The average Bonchev–Trinajstić information content (AvgIpc) is 2.56. The van der Waals surface area contributed by atoms with Gasteiger partial charge < -0.3 is 15.2 Å². The first kappa shape index (κ1) is 15.4. The van der Waals surface area contributed by atoms with Crippen molar-refractivity contribution in [3.05, 3.63) is 58.7 Å². The maximum Gasteiger partial charge on any atom is 0.146 e. The third kappa shape index (κ3) is 3.03. The summed E-state index contributed by atoms with van der Waals surface area (Å²) in [4.78, 5) is 4.56.